The van der Waals surface area contributed by atoms with Gasteiger partial charge in [-0.3, -0.25) is 9.59 Å². The summed E-state index contributed by atoms with van der Waals surface area (Å²) in [6.07, 6.45) is 0.322. The molecule has 0 spiro atoms. The van der Waals surface area contributed by atoms with Crippen molar-refractivity contribution in [2.45, 2.75) is 65.7 Å². The predicted molar refractivity (Wildman–Crippen MR) is 132 cm³/mol. The number of rotatable bonds is 13. The van der Waals surface area contributed by atoms with E-state index in [2.05, 4.69) is 10.6 Å². The molecule has 0 saturated carbocycles. The summed E-state index contributed by atoms with van der Waals surface area (Å²) in [5, 5.41) is 5.53. The number of Topliss-reactive ketones (excluding diaryl/α,β-unsaturated/α-hetero) is 1. The highest BCUT2D eigenvalue weighted by Gasteiger charge is 2.23. The van der Waals surface area contributed by atoms with Gasteiger partial charge in [0.15, 0.2) is 11.9 Å². The molecular formula is C27H36N2O5. The maximum atomic E-state index is 12.7. The number of ketones is 1. The van der Waals surface area contributed by atoms with E-state index in [1.807, 2.05) is 75.4 Å². The lowest BCUT2D eigenvalue weighted by atomic mass is 10.0. The lowest BCUT2D eigenvalue weighted by Crippen LogP contribution is -2.47. The molecule has 0 aliphatic rings. The zero-order valence-electron chi connectivity index (χ0n) is 20.5. The largest absolute Gasteiger partial charge is 0.483 e. The topological polar surface area (TPSA) is 93.7 Å². The number of nitrogens with one attached hydrogen (secondary N) is 2. The fourth-order valence-electron chi connectivity index (χ4n) is 3.43. The molecule has 0 bridgehead atoms. The molecule has 184 valence electrons. The fraction of sp³-hybridized carbons (Fsp3) is 0.444. The number of hydrogen-bond acceptors (Lipinski definition) is 5. The van der Waals surface area contributed by atoms with Crippen LogP contribution in [0.25, 0.3) is 0 Å². The van der Waals surface area contributed by atoms with Crippen LogP contribution >= 0.6 is 0 Å². The van der Waals surface area contributed by atoms with Crippen molar-refractivity contribution in [1.29, 1.82) is 0 Å². The van der Waals surface area contributed by atoms with E-state index in [1.54, 1.807) is 0 Å². The van der Waals surface area contributed by atoms with Crippen LogP contribution in [0.5, 0.6) is 5.75 Å². The third-order valence-corrected chi connectivity index (χ3v) is 5.19. The standard InChI is InChI=1S/C27H36N2O5/c1-19(2)16-24(29-27(32)33-18-22-11-6-5-7-12-22)26(31)28-15-9-14-25(21(4)30)34-23-13-8-10-20(3)17-23/h5-8,10-13,17,19,24-25H,9,14-16,18H2,1-4H3,(H,28,31)(H,29,32)/t24-,25?/m0/s1. The Kier molecular flexibility index (Phi) is 11.1. The average Bonchev–Trinajstić information content (AvgIpc) is 2.79. The molecular weight excluding hydrogens is 432 g/mol. The van der Waals surface area contributed by atoms with Gasteiger partial charge in [0.2, 0.25) is 5.91 Å². The van der Waals surface area contributed by atoms with Crippen LogP contribution < -0.4 is 15.4 Å². The van der Waals surface area contributed by atoms with Gasteiger partial charge in [0.25, 0.3) is 0 Å². The van der Waals surface area contributed by atoms with Crippen molar-refractivity contribution in [2.24, 2.45) is 5.92 Å². The Labute approximate surface area is 202 Å². The third-order valence-electron chi connectivity index (χ3n) is 5.19. The van der Waals surface area contributed by atoms with Crippen LogP contribution in [-0.4, -0.2) is 36.5 Å². The van der Waals surface area contributed by atoms with E-state index in [9.17, 15) is 14.4 Å². The van der Waals surface area contributed by atoms with Crippen LogP contribution in [0.15, 0.2) is 54.6 Å². The number of alkyl carbamates (subject to hydrolysis) is 1. The van der Waals surface area contributed by atoms with Gasteiger partial charge >= 0.3 is 6.09 Å². The first-order valence-electron chi connectivity index (χ1n) is 11.7. The molecule has 2 aromatic rings. The van der Waals surface area contributed by atoms with E-state index in [-0.39, 0.29) is 24.2 Å². The van der Waals surface area contributed by atoms with Gasteiger partial charge in [0.05, 0.1) is 0 Å². The quantitative estimate of drug-likeness (QED) is 0.420. The summed E-state index contributed by atoms with van der Waals surface area (Å²) < 4.78 is 11.1. The van der Waals surface area contributed by atoms with Gasteiger partial charge in [-0.05, 0) is 62.3 Å². The molecule has 7 nitrogen and oxygen atoms in total. The second-order valence-corrected chi connectivity index (χ2v) is 8.86. The van der Waals surface area contributed by atoms with Gasteiger partial charge < -0.3 is 20.1 Å². The molecule has 2 N–H and O–H groups in total. The molecule has 2 rings (SSSR count). The first-order chi connectivity index (χ1) is 16.2. The number of amides is 2. The van der Waals surface area contributed by atoms with Crippen molar-refractivity contribution >= 4 is 17.8 Å². The lowest BCUT2D eigenvalue weighted by molar-refractivity contribution is -0.123. The van der Waals surface area contributed by atoms with Crippen molar-refractivity contribution < 1.29 is 23.9 Å². The van der Waals surface area contributed by atoms with Gasteiger partial charge in [0.1, 0.15) is 18.4 Å². The SMILES string of the molecule is CC(=O)C(CCCNC(=O)[C@H](CC(C)C)NC(=O)OCc1ccccc1)Oc1cccc(C)c1. The monoisotopic (exact) mass is 468 g/mol. The first-order valence-corrected chi connectivity index (χ1v) is 11.7. The number of ether oxygens (including phenoxy) is 2. The summed E-state index contributed by atoms with van der Waals surface area (Å²) in [5.41, 5.74) is 1.92. The number of benzene rings is 2. The van der Waals surface area contributed by atoms with Crippen LogP contribution in [0.3, 0.4) is 0 Å². The molecule has 0 heterocycles. The Bertz CT molecular complexity index is 930. The Morgan fingerprint density at radius 2 is 1.74 bits per heavy atom. The van der Waals surface area contributed by atoms with Crippen molar-refractivity contribution in [3.05, 3.63) is 65.7 Å². The van der Waals surface area contributed by atoms with E-state index in [0.717, 1.165) is 11.1 Å². The molecule has 2 amide bonds. The minimum Gasteiger partial charge on any atom is -0.483 e. The van der Waals surface area contributed by atoms with Gasteiger partial charge in [-0.1, -0.05) is 56.3 Å². The Balaban J connectivity index is 1.81. The van der Waals surface area contributed by atoms with Gasteiger partial charge in [-0.15, -0.1) is 0 Å². The molecule has 7 heteroatoms. The van der Waals surface area contributed by atoms with E-state index in [1.165, 1.54) is 6.92 Å². The van der Waals surface area contributed by atoms with Crippen LogP contribution in [0.2, 0.25) is 0 Å². The van der Waals surface area contributed by atoms with Gasteiger partial charge in [0, 0.05) is 6.54 Å². The van der Waals surface area contributed by atoms with E-state index in [4.69, 9.17) is 9.47 Å². The second kappa shape index (κ2) is 14.0. The van der Waals surface area contributed by atoms with Crippen LogP contribution in [0.1, 0.15) is 51.2 Å². The third kappa shape index (κ3) is 10.1. The Morgan fingerprint density at radius 3 is 2.38 bits per heavy atom. The van der Waals surface area contributed by atoms with Crippen LogP contribution in [0.4, 0.5) is 4.79 Å². The summed E-state index contributed by atoms with van der Waals surface area (Å²) in [5.74, 6) is 0.520. The maximum absolute atomic E-state index is 12.7. The fourth-order valence-corrected chi connectivity index (χ4v) is 3.43. The zero-order chi connectivity index (χ0) is 24.9. The van der Waals surface area contributed by atoms with Crippen LogP contribution in [0, 0.1) is 12.8 Å². The summed E-state index contributed by atoms with van der Waals surface area (Å²) in [6.45, 7) is 7.94. The van der Waals surface area contributed by atoms with Crippen molar-refractivity contribution in [3.8, 4) is 5.75 Å². The summed E-state index contributed by atoms with van der Waals surface area (Å²) in [4.78, 5) is 37.0. The van der Waals surface area contributed by atoms with Gasteiger partial charge in [-0.2, -0.15) is 0 Å². The summed E-state index contributed by atoms with van der Waals surface area (Å²) >= 11 is 0. The summed E-state index contributed by atoms with van der Waals surface area (Å²) in [6, 6.07) is 16.2. The molecule has 2 aromatic carbocycles. The molecule has 1 unspecified atom stereocenters. The first kappa shape index (κ1) is 26.9. The molecule has 34 heavy (non-hydrogen) atoms. The van der Waals surface area contributed by atoms with Crippen molar-refractivity contribution in [2.75, 3.05) is 6.54 Å². The number of carbonyl (C=O) groups is 3. The number of hydrogen-bond donors (Lipinski definition) is 2. The van der Waals surface area contributed by atoms with Crippen molar-refractivity contribution in [3.63, 3.8) is 0 Å². The zero-order valence-corrected chi connectivity index (χ0v) is 20.5. The Hall–Kier alpha value is -3.35. The average molecular weight is 469 g/mol. The second-order valence-electron chi connectivity index (χ2n) is 8.86. The number of carbonyl (C=O) groups excluding carboxylic acids is 3. The minimum atomic E-state index is -0.699. The Morgan fingerprint density at radius 1 is 1.00 bits per heavy atom. The van der Waals surface area contributed by atoms with Crippen molar-refractivity contribution in [1.82, 2.24) is 10.6 Å². The smallest absolute Gasteiger partial charge is 0.408 e. The molecule has 0 aliphatic heterocycles. The van der Waals surface area contributed by atoms with Crippen LogP contribution in [-0.2, 0) is 20.9 Å². The molecule has 0 aliphatic carbocycles. The lowest BCUT2D eigenvalue weighted by Gasteiger charge is -2.21. The normalized spacial score (nSPS) is 12.5. The van der Waals surface area contributed by atoms with Gasteiger partial charge in [-0.25, -0.2) is 4.79 Å². The highest BCUT2D eigenvalue weighted by atomic mass is 16.5. The molecule has 0 saturated heterocycles. The molecule has 0 aromatic heterocycles. The predicted octanol–water partition coefficient (Wildman–Crippen LogP) is 4.57. The van der Waals surface area contributed by atoms with E-state index in [0.29, 0.717) is 31.6 Å². The molecule has 2 atom stereocenters. The molecule has 0 fully saturated rings. The van der Waals surface area contributed by atoms with E-state index < -0.39 is 18.2 Å². The molecule has 0 radical (unpaired) electrons. The highest BCUT2D eigenvalue weighted by Crippen LogP contribution is 2.16. The summed E-state index contributed by atoms with van der Waals surface area (Å²) in [7, 11) is 0. The minimum absolute atomic E-state index is 0.0617. The maximum Gasteiger partial charge on any atom is 0.408 e. The number of aryl methyl sites for hydroxylation is 1. The van der Waals surface area contributed by atoms with E-state index >= 15 is 0 Å². The highest BCUT2D eigenvalue weighted by molar-refractivity contribution is 5.85.